The first-order valence-corrected chi connectivity index (χ1v) is 5.77. The van der Waals surface area contributed by atoms with Gasteiger partial charge in [-0.15, -0.1) is 0 Å². The van der Waals surface area contributed by atoms with Gasteiger partial charge in [0.25, 0.3) is 0 Å². The fraction of sp³-hybridized carbons (Fsp3) is 0.167. The molecule has 2 aromatic rings. The highest BCUT2D eigenvalue weighted by molar-refractivity contribution is 7.08. The number of benzene rings is 1. The Morgan fingerprint density at radius 1 is 1.31 bits per heavy atom. The molecule has 0 aliphatic rings. The van der Waals surface area contributed by atoms with E-state index in [2.05, 4.69) is 0 Å². The zero-order valence-electron chi connectivity index (χ0n) is 8.81. The molecule has 0 saturated heterocycles. The molecule has 0 amide bonds. The third kappa shape index (κ3) is 2.08. The summed E-state index contributed by atoms with van der Waals surface area (Å²) in [5.74, 6) is -0.146. The average molecular weight is 237 g/mol. The molecule has 2 rings (SSSR count). The highest BCUT2D eigenvalue weighted by Gasteiger charge is 2.12. The molecular weight excluding hydrogens is 225 g/mol. The van der Waals surface area contributed by atoms with Crippen LogP contribution in [0.5, 0.6) is 5.75 Å². The standard InChI is InChI=1S/C12H12FNOS/c1-15-11-6-8(2-3-10(11)13)12(14)9-4-5-16-7-9/h2-7,12H,14H2,1H3/t12-/m0/s1. The summed E-state index contributed by atoms with van der Waals surface area (Å²) in [7, 11) is 1.44. The van der Waals surface area contributed by atoms with Crippen LogP contribution in [0.3, 0.4) is 0 Å². The Bertz CT molecular complexity index is 470. The van der Waals surface area contributed by atoms with Gasteiger partial charge in [-0.25, -0.2) is 4.39 Å². The van der Waals surface area contributed by atoms with Gasteiger partial charge < -0.3 is 10.5 Å². The molecule has 2 N–H and O–H groups in total. The van der Waals surface area contributed by atoms with Crippen molar-refractivity contribution in [1.29, 1.82) is 0 Å². The van der Waals surface area contributed by atoms with E-state index in [1.54, 1.807) is 23.5 Å². The van der Waals surface area contributed by atoms with E-state index in [0.29, 0.717) is 0 Å². The van der Waals surface area contributed by atoms with Gasteiger partial charge in [0, 0.05) is 0 Å². The van der Waals surface area contributed by atoms with Crippen LogP contribution in [-0.4, -0.2) is 7.11 Å². The summed E-state index contributed by atoms with van der Waals surface area (Å²) in [6.07, 6.45) is 0. The van der Waals surface area contributed by atoms with Crippen LogP contribution < -0.4 is 10.5 Å². The molecule has 1 atom stereocenters. The lowest BCUT2D eigenvalue weighted by molar-refractivity contribution is 0.385. The van der Waals surface area contributed by atoms with Crippen LogP contribution in [0.4, 0.5) is 4.39 Å². The Kier molecular flexibility index (Phi) is 3.22. The first-order chi connectivity index (χ1) is 7.72. The van der Waals surface area contributed by atoms with Gasteiger partial charge in [0.2, 0.25) is 0 Å². The van der Waals surface area contributed by atoms with Crippen molar-refractivity contribution < 1.29 is 9.13 Å². The highest BCUT2D eigenvalue weighted by atomic mass is 32.1. The number of nitrogens with two attached hydrogens (primary N) is 1. The summed E-state index contributed by atoms with van der Waals surface area (Å²) in [5, 5.41) is 3.95. The van der Waals surface area contributed by atoms with Crippen molar-refractivity contribution in [2.45, 2.75) is 6.04 Å². The van der Waals surface area contributed by atoms with Crippen molar-refractivity contribution in [3.63, 3.8) is 0 Å². The van der Waals surface area contributed by atoms with Crippen molar-refractivity contribution >= 4 is 11.3 Å². The Morgan fingerprint density at radius 2 is 2.12 bits per heavy atom. The molecule has 0 aliphatic heterocycles. The van der Waals surface area contributed by atoms with Crippen molar-refractivity contribution in [3.8, 4) is 5.75 Å². The van der Waals surface area contributed by atoms with Gasteiger partial charge in [-0.05, 0) is 40.1 Å². The predicted octanol–water partition coefficient (Wildman–Crippen LogP) is 2.94. The predicted molar refractivity (Wildman–Crippen MR) is 63.3 cm³/mol. The van der Waals surface area contributed by atoms with Gasteiger partial charge >= 0.3 is 0 Å². The smallest absolute Gasteiger partial charge is 0.165 e. The van der Waals surface area contributed by atoms with E-state index in [-0.39, 0.29) is 17.6 Å². The first-order valence-electron chi connectivity index (χ1n) is 4.83. The van der Waals surface area contributed by atoms with Crippen LogP contribution in [0.1, 0.15) is 17.2 Å². The Hall–Kier alpha value is -1.39. The third-order valence-corrected chi connectivity index (χ3v) is 3.14. The number of thiophene rings is 1. The van der Waals surface area contributed by atoms with Gasteiger partial charge in [-0.1, -0.05) is 6.07 Å². The van der Waals surface area contributed by atoms with E-state index >= 15 is 0 Å². The maximum atomic E-state index is 13.2. The number of hydrogen-bond donors (Lipinski definition) is 1. The number of methoxy groups -OCH3 is 1. The minimum Gasteiger partial charge on any atom is -0.494 e. The molecule has 1 heterocycles. The van der Waals surface area contributed by atoms with Gasteiger partial charge in [0.1, 0.15) is 0 Å². The van der Waals surface area contributed by atoms with Gasteiger partial charge in [-0.3, -0.25) is 0 Å². The number of ether oxygens (including phenoxy) is 1. The van der Waals surface area contributed by atoms with E-state index in [9.17, 15) is 4.39 Å². The van der Waals surface area contributed by atoms with Crippen LogP contribution in [0.25, 0.3) is 0 Å². The van der Waals surface area contributed by atoms with E-state index in [4.69, 9.17) is 10.5 Å². The Labute approximate surface area is 97.5 Å². The van der Waals surface area contributed by atoms with Gasteiger partial charge in [-0.2, -0.15) is 11.3 Å². The summed E-state index contributed by atoms with van der Waals surface area (Å²) in [6, 6.07) is 6.42. The van der Waals surface area contributed by atoms with Crippen LogP contribution in [-0.2, 0) is 0 Å². The second kappa shape index (κ2) is 4.63. The van der Waals surface area contributed by atoms with E-state index in [1.165, 1.54) is 13.2 Å². The molecule has 0 fully saturated rings. The van der Waals surface area contributed by atoms with E-state index in [1.807, 2.05) is 16.8 Å². The molecule has 4 heteroatoms. The molecule has 0 unspecified atom stereocenters. The molecule has 84 valence electrons. The summed E-state index contributed by atoms with van der Waals surface area (Å²) < 4.78 is 18.1. The van der Waals surface area contributed by atoms with Crippen LogP contribution in [0, 0.1) is 5.82 Å². The number of hydrogen-bond acceptors (Lipinski definition) is 3. The summed E-state index contributed by atoms with van der Waals surface area (Å²) >= 11 is 1.59. The average Bonchev–Trinajstić information content (AvgIpc) is 2.82. The molecule has 2 nitrogen and oxygen atoms in total. The van der Waals surface area contributed by atoms with E-state index < -0.39 is 0 Å². The molecule has 1 aromatic heterocycles. The van der Waals surface area contributed by atoms with Crippen molar-refractivity contribution in [3.05, 3.63) is 52.0 Å². The topological polar surface area (TPSA) is 35.2 Å². The Morgan fingerprint density at radius 3 is 2.75 bits per heavy atom. The largest absolute Gasteiger partial charge is 0.494 e. The van der Waals surface area contributed by atoms with Gasteiger partial charge in [0.05, 0.1) is 13.2 Å². The lowest BCUT2D eigenvalue weighted by atomic mass is 10.0. The van der Waals surface area contributed by atoms with Crippen LogP contribution in [0.15, 0.2) is 35.0 Å². The molecule has 0 aliphatic carbocycles. The lowest BCUT2D eigenvalue weighted by Gasteiger charge is -2.12. The van der Waals surface area contributed by atoms with Crippen molar-refractivity contribution in [2.24, 2.45) is 5.73 Å². The van der Waals surface area contributed by atoms with Crippen molar-refractivity contribution in [1.82, 2.24) is 0 Å². The van der Waals surface area contributed by atoms with Crippen LogP contribution >= 0.6 is 11.3 Å². The highest BCUT2D eigenvalue weighted by Crippen LogP contribution is 2.26. The first kappa shape index (κ1) is 11.1. The summed E-state index contributed by atoms with van der Waals surface area (Å²) in [4.78, 5) is 0. The molecule has 0 bridgehead atoms. The molecule has 16 heavy (non-hydrogen) atoms. The molecule has 0 spiro atoms. The zero-order chi connectivity index (χ0) is 11.5. The minimum atomic E-state index is -0.372. The molecule has 0 saturated carbocycles. The number of halogens is 1. The fourth-order valence-corrected chi connectivity index (χ4v) is 2.21. The second-order valence-corrected chi connectivity index (χ2v) is 4.21. The normalized spacial score (nSPS) is 12.4. The third-order valence-electron chi connectivity index (χ3n) is 2.44. The molecule has 1 aromatic carbocycles. The van der Waals surface area contributed by atoms with Crippen molar-refractivity contribution in [2.75, 3.05) is 7.11 Å². The lowest BCUT2D eigenvalue weighted by Crippen LogP contribution is -2.11. The molecular formula is C12H12FNOS. The summed E-state index contributed by atoms with van der Waals surface area (Å²) in [6.45, 7) is 0. The quantitative estimate of drug-likeness (QED) is 0.890. The Balaban J connectivity index is 2.34. The maximum Gasteiger partial charge on any atom is 0.165 e. The zero-order valence-corrected chi connectivity index (χ0v) is 9.63. The SMILES string of the molecule is COc1cc([C@H](N)c2ccsc2)ccc1F. The number of rotatable bonds is 3. The minimum absolute atomic E-state index is 0.225. The van der Waals surface area contributed by atoms with E-state index in [0.717, 1.165) is 11.1 Å². The van der Waals surface area contributed by atoms with Crippen LogP contribution in [0.2, 0.25) is 0 Å². The maximum absolute atomic E-state index is 13.2. The molecule has 0 radical (unpaired) electrons. The monoisotopic (exact) mass is 237 g/mol. The second-order valence-electron chi connectivity index (χ2n) is 3.43. The fourth-order valence-electron chi connectivity index (χ4n) is 1.51. The summed E-state index contributed by atoms with van der Waals surface area (Å²) in [5.41, 5.74) is 7.93. The van der Waals surface area contributed by atoms with Gasteiger partial charge in [0.15, 0.2) is 11.6 Å².